The Labute approximate surface area is 185 Å². The molecule has 0 saturated heterocycles. The third-order valence-electron chi connectivity index (χ3n) is 5.50. The number of aryl methyl sites for hydroxylation is 1. The average Bonchev–Trinajstić information content (AvgIpc) is 3.20. The van der Waals surface area contributed by atoms with Gasteiger partial charge in [0.2, 0.25) is 0 Å². The van der Waals surface area contributed by atoms with Crippen LogP contribution in [0.3, 0.4) is 0 Å². The minimum absolute atomic E-state index is 0.245. The second-order valence-electron chi connectivity index (χ2n) is 7.78. The highest BCUT2D eigenvalue weighted by molar-refractivity contribution is 7.17. The number of fused-ring (bicyclic) bond motifs is 1. The number of aromatic nitrogens is 2. The molecule has 5 nitrogen and oxygen atoms in total. The van der Waals surface area contributed by atoms with Gasteiger partial charge in [0.15, 0.2) is 6.04 Å². The van der Waals surface area contributed by atoms with Crippen molar-refractivity contribution in [2.75, 3.05) is 7.11 Å². The number of ether oxygens (including phenoxy) is 1. The quantitative estimate of drug-likeness (QED) is 0.401. The van der Waals surface area contributed by atoms with E-state index in [1.807, 2.05) is 47.8 Å². The molecule has 0 N–H and O–H groups in total. The van der Waals surface area contributed by atoms with Crippen molar-refractivity contribution in [3.05, 3.63) is 87.3 Å². The fourth-order valence-corrected chi connectivity index (χ4v) is 4.79. The Morgan fingerprint density at radius 3 is 2.32 bits per heavy atom. The van der Waals surface area contributed by atoms with Gasteiger partial charge < -0.3 is 4.74 Å². The first-order chi connectivity index (χ1) is 14.9. The fraction of sp³-hybridized carbons (Fsp3) is 0.240. The van der Waals surface area contributed by atoms with Crippen molar-refractivity contribution in [2.45, 2.75) is 32.7 Å². The monoisotopic (exact) mass is 432 g/mol. The lowest BCUT2D eigenvalue weighted by Gasteiger charge is -2.20. The zero-order valence-corrected chi connectivity index (χ0v) is 18.8. The van der Waals surface area contributed by atoms with Gasteiger partial charge in [0.05, 0.1) is 12.5 Å². The smallest absolute Gasteiger partial charge is 0.333 e. The predicted molar refractivity (Wildman–Crippen MR) is 125 cm³/mol. The standard InChI is InChI=1S/C25H24N2O3S/c1-15(2)17-10-12-18(13-11-17)20-14-31-23-21(20)24(28)27(16(3)26-23)22(25(29)30-4)19-8-6-5-7-9-19/h5-15,22H,1-4H3. The molecular weight excluding hydrogens is 408 g/mol. The van der Waals surface area contributed by atoms with Crippen molar-refractivity contribution in [3.8, 4) is 11.1 Å². The van der Waals surface area contributed by atoms with Gasteiger partial charge in [-0.25, -0.2) is 9.78 Å². The van der Waals surface area contributed by atoms with Crippen molar-refractivity contribution >= 4 is 27.5 Å². The summed E-state index contributed by atoms with van der Waals surface area (Å²) in [5.41, 5.74) is 3.46. The SMILES string of the molecule is COC(=O)C(c1ccccc1)n1c(C)nc2scc(-c3ccc(C(C)C)cc3)c2c1=O. The van der Waals surface area contributed by atoms with Crippen LogP contribution in [0, 0.1) is 6.92 Å². The summed E-state index contributed by atoms with van der Waals surface area (Å²) in [5.74, 6) is 0.400. The Morgan fingerprint density at radius 1 is 1.03 bits per heavy atom. The Hall–Kier alpha value is -3.25. The largest absolute Gasteiger partial charge is 0.467 e. The second-order valence-corrected chi connectivity index (χ2v) is 8.63. The van der Waals surface area contributed by atoms with Crippen LogP contribution in [0.4, 0.5) is 0 Å². The van der Waals surface area contributed by atoms with E-state index in [2.05, 4.69) is 31.0 Å². The molecule has 0 aliphatic heterocycles. The molecule has 0 fully saturated rings. The maximum Gasteiger partial charge on any atom is 0.333 e. The summed E-state index contributed by atoms with van der Waals surface area (Å²) in [4.78, 5) is 31.8. The molecule has 4 aromatic rings. The highest BCUT2D eigenvalue weighted by atomic mass is 32.1. The molecule has 0 aliphatic rings. The molecule has 2 aromatic carbocycles. The highest BCUT2D eigenvalue weighted by Gasteiger charge is 2.28. The number of methoxy groups -OCH3 is 1. The molecule has 0 spiro atoms. The minimum Gasteiger partial charge on any atom is -0.467 e. The van der Waals surface area contributed by atoms with Gasteiger partial charge in [0.1, 0.15) is 10.7 Å². The number of hydrogen-bond donors (Lipinski definition) is 0. The lowest BCUT2D eigenvalue weighted by atomic mass is 9.99. The Kier molecular flexibility index (Phi) is 5.74. The maximum absolute atomic E-state index is 13.7. The minimum atomic E-state index is -0.897. The highest BCUT2D eigenvalue weighted by Crippen LogP contribution is 2.33. The third-order valence-corrected chi connectivity index (χ3v) is 6.37. The average molecular weight is 433 g/mol. The Bertz CT molecular complexity index is 1290. The van der Waals surface area contributed by atoms with E-state index in [-0.39, 0.29) is 5.56 Å². The molecule has 2 heterocycles. The van der Waals surface area contributed by atoms with E-state index in [0.717, 1.165) is 11.1 Å². The van der Waals surface area contributed by atoms with Gasteiger partial charge in [-0.3, -0.25) is 9.36 Å². The summed E-state index contributed by atoms with van der Waals surface area (Å²) >= 11 is 1.44. The van der Waals surface area contributed by atoms with Crippen LogP contribution in [-0.4, -0.2) is 22.6 Å². The van der Waals surface area contributed by atoms with Crippen LogP contribution in [0.5, 0.6) is 0 Å². The Balaban J connectivity index is 1.94. The van der Waals surface area contributed by atoms with Crippen molar-refractivity contribution < 1.29 is 9.53 Å². The molecule has 0 saturated carbocycles. The summed E-state index contributed by atoms with van der Waals surface area (Å²) < 4.78 is 6.50. The number of nitrogens with zero attached hydrogens (tertiary/aromatic N) is 2. The Morgan fingerprint density at radius 2 is 1.71 bits per heavy atom. The van der Waals surface area contributed by atoms with Crippen molar-refractivity contribution in [1.82, 2.24) is 9.55 Å². The molecule has 0 amide bonds. The van der Waals surface area contributed by atoms with Gasteiger partial charge in [0.25, 0.3) is 5.56 Å². The third kappa shape index (κ3) is 3.79. The lowest BCUT2D eigenvalue weighted by Crippen LogP contribution is -2.33. The molecule has 158 valence electrons. The summed E-state index contributed by atoms with van der Waals surface area (Å²) in [5, 5.41) is 2.49. The van der Waals surface area contributed by atoms with Crippen LogP contribution < -0.4 is 5.56 Å². The number of carbonyl (C=O) groups excluding carboxylic acids is 1. The van der Waals surface area contributed by atoms with Gasteiger partial charge in [-0.05, 0) is 29.5 Å². The topological polar surface area (TPSA) is 61.2 Å². The molecule has 1 unspecified atom stereocenters. The fourth-order valence-electron chi connectivity index (χ4n) is 3.81. The van der Waals surface area contributed by atoms with Crippen LogP contribution in [0.15, 0.2) is 64.8 Å². The molecule has 6 heteroatoms. The van der Waals surface area contributed by atoms with E-state index < -0.39 is 12.0 Å². The summed E-state index contributed by atoms with van der Waals surface area (Å²) in [6.07, 6.45) is 0. The number of hydrogen-bond acceptors (Lipinski definition) is 5. The first-order valence-electron chi connectivity index (χ1n) is 10.2. The van der Waals surface area contributed by atoms with Crippen LogP contribution >= 0.6 is 11.3 Å². The second kappa shape index (κ2) is 8.47. The first kappa shape index (κ1) is 21.0. The number of rotatable bonds is 5. The van der Waals surface area contributed by atoms with Crippen molar-refractivity contribution in [2.24, 2.45) is 0 Å². The van der Waals surface area contributed by atoms with Crippen LogP contribution in [0.2, 0.25) is 0 Å². The molecule has 2 aromatic heterocycles. The molecule has 0 aliphatic carbocycles. The van der Waals surface area contributed by atoms with E-state index in [0.29, 0.717) is 27.5 Å². The zero-order chi connectivity index (χ0) is 22.1. The normalized spacial score (nSPS) is 12.3. The predicted octanol–water partition coefficient (Wildman–Crippen LogP) is 5.32. The van der Waals surface area contributed by atoms with Gasteiger partial charge in [-0.2, -0.15) is 0 Å². The summed E-state index contributed by atoms with van der Waals surface area (Å²) in [7, 11) is 1.33. The first-order valence-corrected chi connectivity index (χ1v) is 11.0. The van der Waals surface area contributed by atoms with E-state index in [1.54, 1.807) is 6.92 Å². The molecule has 4 rings (SSSR count). The van der Waals surface area contributed by atoms with Gasteiger partial charge in [-0.15, -0.1) is 11.3 Å². The number of esters is 1. The summed E-state index contributed by atoms with van der Waals surface area (Å²) in [6.45, 7) is 6.05. The van der Waals surface area contributed by atoms with Gasteiger partial charge >= 0.3 is 5.97 Å². The molecule has 31 heavy (non-hydrogen) atoms. The van der Waals surface area contributed by atoms with E-state index in [9.17, 15) is 9.59 Å². The molecule has 0 radical (unpaired) electrons. The number of thiophene rings is 1. The van der Waals surface area contributed by atoms with Crippen molar-refractivity contribution in [1.29, 1.82) is 0 Å². The van der Waals surface area contributed by atoms with Gasteiger partial charge in [-0.1, -0.05) is 68.4 Å². The zero-order valence-electron chi connectivity index (χ0n) is 18.0. The van der Waals surface area contributed by atoms with E-state index in [4.69, 9.17) is 4.74 Å². The number of benzene rings is 2. The molecule has 1 atom stereocenters. The van der Waals surface area contributed by atoms with Crippen LogP contribution in [0.1, 0.15) is 42.8 Å². The van der Waals surface area contributed by atoms with Crippen LogP contribution in [-0.2, 0) is 9.53 Å². The van der Waals surface area contributed by atoms with Gasteiger partial charge in [0, 0.05) is 10.9 Å². The number of carbonyl (C=O) groups is 1. The summed E-state index contributed by atoms with van der Waals surface area (Å²) in [6, 6.07) is 16.5. The van der Waals surface area contributed by atoms with E-state index in [1.165, 1.54) is 28.6 Å². The molecule has 0 bridgehead atoms. The van der Waals surface area contributed by atoms with Crippen LogP contribution in [0.25, 0.3) is 21.3 Å². The van der Waals surface area contributed by atoms with E-state index >= 15 is 0 Å². The maximum atomic E-state index is 13.7. The van der Waals surface area contributed by atoms with Crippen molar-refractivity contribution in [3.63, 3.8) is 0 Å². The molecular formula is C25H24N2O3S. The lowest BCUT2D eigenvalue weighted by molar-refractivity contribution is -0.143.